The fraction of sp³-hybridized carbons (Fsp3) is 0.429. The average molecular weight is 496 g/mol. The maximum Gasteiger partial charge on any atom is 0.320 e. The molecular weight excluding hydrogens is 462 g/mol. The Morgan fingerprint density at radius 2 is 2.00 bits per heavy atom. The first-order chi connectivity index (χ1) is 16.8. The summed E-state index contributed by atoms with van der Waals surface area (Å²) in [5, 5.41) is 8.51. The Morgan fingerprint density at radius 3 is 2.74 bits per heavy atom. The van der Waals surface area contributed by atoms with E-state index in [-0.39, 0.29) is 18.0 Å². The molecule has 0 amide bonds. The predicted molar refractivity (Wildman–Crippen MR) is 141 cm³/mol. The molecule has 186 valence electrons. The van der Waals surface area contributed by atoms with Gasteiger partial charge in [0.05, 0.1) is 18.7 Å². The molecule has 0 spiro atoms. The fourth-order valence-corrected chi connectivity index (χ4v) is 4.99. The van der Waals surface area contributed by atoms with Gasteiger partial charge in [0.1, 0.15) is 17.0 Å². The van der Waals surface area contributed by atoms with Gasteiger partial charge in [0.15, 0.2) is 0 Å². The van der Waals surface area contributed by atoms with Gasteiger partial charge in [-0.05, 0) is 86.2 Å². The van der Waals surface area contributed by atoms with Crippen LogP contribution < -0.4 is 4.74 Å². The molecule has 3 aromatic rings. The Labute approximate surface area is 212 Å². The van der Waals surface area contributed by atoms with Gasteiger partial charge in [-0.15, -0.1) is 0 Å². The van der Waals surface area contributed by atoms with Crippen LogP contribution in [0.15, 0.2) is 42.0 Å². The molecule has 0 saturated carbocycles. The zero-order chi connectivity index (χ0) is 25.1. The molecule has 0 bridgehead atoms. The highest BCUT2D eigenvalue weighted by Crippen LogP contribution is 2.36. The van der Waals surface area contributed by atoms with Crippen molar-refractivity contribution in [2.45, 2.75) is 46.6 Å². The molecule has 1 unspecified atom stereocenters. The van der Waals surface area contributed by atoms with Gasteiger partial charge >= 0.3 is 5.97 Å². The summed E-state index contributed by atoms with van der Waals surface area (Å²) in [6.45, 7) is 9.81. The highest BCUT2D eigenvalue weighted by molar-refractivity contribution is 6.34. The van der Waals surface area contributed by atoms with Gasteiger partial charge in [-0.1, -0.05) is 43.2 Å². The minimum Gasteiger partial charge on any atom is -0.485 e. The number of nitrogens with one attached hydrogen (secondary N) is 1. The van der Waals surface area contributed by atoms with Gasteiger partial charge in [-0.3, -0.25) is 14.8 Å². The lowest BCUT2D eigenvalue weighted by Crippen LogP contribution is -2.30. The molecule has 1 heterocycles. The molecule has 1 aromatic heterocycles. The molecule has 0 aliphatic heterocycles. The van der Waals surface area contributed by atoms with Crippen LogP contribution in [0, 0.1) is 5.92 Å². The van der Waals surface area contributed by atoms with Crippen LogP contribution in [0.5, 0.6) is 5.75 Å². The summed E-state index contributed by atoms with van der Waals surface area (Å²) in [4.78, 5) is 13.8. The maximum absolute atomic E-state index is 11.8. The second kappa shape index (κ2) is 10.8. The zero-order valence-electron chi connectivity index (χ0n) is 21.2. The lowest BCUT2D eigenvalue weighted by molar-refractivity contribution is -0.143. The molecule has 1 N–H and O–H groups in total. The van der Waals surface area contributed by atoms with E-state index in [1.807, 2.05) is 24.9 Å². The number of carbonyl (C=O) groups is 1. The topological polar surface area (TPSA) is 67.4 Å². The number of nitrogens with zero attached hydrogens (tertiary/aromatic N) is 2. The Hall–Kier alpha value is -2.83. The van der Waals surface area contributed by atoms with E-state index >= 15 is 0 Å². The van der Waals surface area contributed by atoms with Crippen molar-refractivity contribution in [3.63, 3.8) is 0 Å². The van der Waals surface area contributed by atoms with Crippen LogP contribution >= 0.6 is 11.6 Å². The second-order valence-corrected chi connectivity index (χ2v) is 10.00. The molecule has 6 nitrogen and oxygen atoms in total. The number of aromatic amines is 1. The van der Waals surface area contributed by atoms with Crippen LogP contribution in [0.4, 0.5) is 0 Å². The van der Waals surface area contributed by atoms with Crippen LogP contribution in [0.25, 0.3) is 16.5 Å². The smallest absolute Gasteiger partial charge is 0.320 e. The molecule has 0 saturated heterocycles. The highest BCUT2D eigenvalue weighted by Gasteiger charge is 2.22. The van der Waals surface area contributed by atoms with Crippen LogP contribution in [0.1, 0.15) is 56.9 Å². The third-order valence-corrected chi connectivity index (χ3v) is 6.89. The Bertz CT molecular complexity index is 1250. The molecule has 0 radical (unpaired) electrons. The Morgan fingerprint density at radius 1 is 1.20 bits per heavy atom. The largest absolute Gasteiger partial charge is 0.485 e. The molecule has 7 heteroatoms. The van der Waals surface area contributed by atoms with Crippen molar-refractivity contribution in [3.8, 4) is 5.75 Å². The van der Waals surface area contributed by atoms with E-state index in [9.17, 15) is 4.79 Å². The third kappa shape index (κ3) is 5.71. The quantitative estimate of drug-likeness (QED) is 0.357. The summed E-state index contributed by atoms with van der Waals surface area (Å²) in [6.07, 6.45) is 1.82. The van der Waals surface area contributed by atoms with E-state index in [1.165, 1.54) is 22.3 Å². The first-order valence-electron chi connectivity index (χ1n) is 12.2. The number of rotatable bonds is 9. The normalized spacial score (nSPS) is 14.5. The first kappa shape index (κ1) is 25.3. The van der Waals surface area contributed by atoms with Crippen molar-refractivity contribution in [1.82, 2.24) is 15.1 Å². The number of likely N-dealkylation sites (N-methyl/N-ethyl adjacent to an activating group) is 1. The van der Waals surface area contributed by atoms with Crippen LogP contribution in [-0.4, -0.2) is 47.8 Å². The lowest BCUT2D eigenvalue weighted by Gasteiger charge is -2.27. The minimum atomic E-state index is -0.180. The summed E-state index contributed by atoms with van der Waals surface area (Å²) in [7, 11) is 1.96. The van der Waals surface area contributed by atoms with Gasteiger partial charge in [0.25, 0.3) is 0 Å². The number of H-pyrrole nitrogens is 1. The van der Waals surface area contributed by atoms with E-state index in [4.69, 9.17) is 21.1 Å². The summed E-state index contributed by atoms with van der Waals surface area (Å²) in [6, 6.07) is 12.5. The molecule has 1 aliphatic carbocycles. The second-order valence-electron chi connectivity index (χ2n) is 9.62. The van der Waals surface area contributed by atoms with Crippen molar-refractivity contribution in [2.24, 2.45) is 5.92 Å². The van der Waals surface area contributed by atoms with Gasteiger partial charge in [0, 0.05) is 11.9 Å². The zero-order valence-corrected chi connectivity index (χ0v) is 21.9. The van der Waals surface area contributed by atoms with E-state index in [1.54, 1.807) is 0 Å². The number of aromatic nitrogens is 2. The maximum atomic E-state index is 11.8. The third-order valence-electron chi connectivity index (χ3n) is 6.60. The number of ether oxygens (including phenoxy) is 2. The van der Waals surface area contributed by atoms with Crippen molar-refractivity contribution in [1.29, 1.82) is 0 Å². The first-order valence-corrected chi connectivity index (χ1v) is 12.6. The predicted octanol–water partition coefficient (Wildman–Crippen LogP) is 6.21. The van der Waals surface area contributed by atoms with Crippen LogP contribution in [0.3, 0.4) is 0 Å². The number of allylic oxidation sites excluding steroid dienone is 1. The van der Waals surface area contributed by atoms with Crippen molar-refractivity contribution in [3.05, 3.63) is 63.8 Å². The number of aryl methyl sites for hydroxylation is 1. The number of halogens is 1. The monoisotopic (exact) mass is 495 g/mol. The SMILES string of the molecule is CCOC(=O)CN(C)CC1=C(C)c2ccc(OC(c3ccc4n[nH]c(Cl)c4c3)C(C)C)cc2CC1. The van der Waals surface area contributed by atoms with Gasteiger partial charge < -0.3 is 9.47 Å². The van der Waals surface area contributed by atoms with E-state index in [2.05, 4.69) is 61.3 Å². The summed E-state index contributed by atoms with van der Waals surface area (Å²) in [5.74, 6) is 0.967. The van der Waals surface area contributed by atoms with E-state index < -0.39 is 0 Å². The summed E-state index contributed by atoms with van der Waals surface area (Å²) >= 11 is 6.27. The molecule has 1 aliphatic rings. The molecule has 4 rings (SSSR count). The van der Waals surface area contributed by atoms with Crippen molar-refractivity contribution >= 4 is 34.0 Å². The number of hydrogen-bond donors (Lipinski definition) is 1. The standard InChI is InChI=1S/C28H34ClN3O3/c1-6-34-26(33)16-32(5)15-21-8-7-19-13-22(10-11-23(19)18(21)4)35-27(17(2)3)20-9-12-25-24(14-20)28(29)31-30-25/h9-14,17,27H,6-8,15-16H2,1-5H3,(H,30,31). The summed E-state index contributed by atoms with van der Waals surface area (Å²) in [5.41, 5.74) is 7.14. The van der Waals surface area contributed by atoms with Crippen LogP contribution in [0.2, 0.25) is 5.15 Å². The number of hydrogen-bond acceptors (Lipinski definition) is 5. The average Bonchev–Trinajstić information content (AvgIpc) is 3.19. The molecule has 1 atom stereocenters. The van der Waals surface area contributed by atoms with E-state index in [0.29, 0.717) is 18.3 Å². The minimum absolute atomic E-state index is 0.101. The highest BCUT2D eigenvalue weighted by atomic mass is 35.5. The van der Waals surface area contributed by atoms with E-state index in [0.717, 1.165) is 41.6 Å². The van der Waals surface area contributed by atoms with Crippen LogP contribution in [-0.2, 0) is 16.0 Å². The number of carbonyl (C=O) groups excluding carboxylic acids is 1. The number of esters is 1. The number of fused-ring (bicyclic) bond motifs is 2. The van der Waals surface area contributed by atoms with Gasteiger partial charge in [-0.25, -0.2) is 0 Å². The van der Waals surface area contributed by atoms with Gasteiger partial charge in [0.2, 0.25) is 0 Å². The van der Waals surface area contributed by atoms with Crippen molar-refractivity contribution in [2.75, 3.05) is 26.7 Å². The molecule has 35 heavy (non-hydrogen) atoms. The molecule has 0 fully saturated rings. The van der Waals surface area contributed by atoms with Crippen molar-refractivity contribution < 1.29 is 14.3 Å². The lowest BCUT2D eigenvalue weighted by atomic mass is 9.86. The Kier molecular flexibility index (Phi) is 7.82. The summed E-state index contributed by atoms with van der Waals surface area (Å²) < 4.78 is 11.6. The molecular formula is C28H34ClN3O3. The Balaban J connectivity index is 1.52. The number of benzene rings is 2. The van der Waals surface area contributed by atoms with Gasteiger partial charge in [-0.2, -0.15) is 5.10 Å². The fourth-order valence-electron chi connectivity index (χ4n) is 4.80. The molecule has 2 aromatic carbocycles.